The zero-order chi connectivity index (χ0) is 12.1. The summed E-state index contributed by atoms with van der Waals surface area (Å²) in [5, 5.41) is 20.3. The molecule has 0 atom stereocenters. The quantitative estimate of drug-likeness (QED) is 0.742. The minimum Gasteiger partial charge on any atom is -0.396 e. The van der Waals surface area contributed by atoms with Crippen molar-refractivity contribution >= 4 is 0 Å². The SMILES string of the molecule is CC1(CNCc2cn(CCCO)nn2)CCC1. The van der Waals surface area contributed by atoms with E-state index in [1.165, 1.54) is 19.3 Å². The molecule has 5 nitrogen and oxygen atoms in total. The molecule has 2 rings (SSSR count). The Balaban J connectivity index is 1.69. The van der Waals surface area contributed by atoms with Crippen LogP contribution in [0.2, 0.25) is 0 Å². The van der Waals surface area contributed by atoms with Gasteiger partial charge in [-0.15, -0.1) is 5.10 Å². The van der Waals surface area contributed by atoms with E-state index in [9.17, 15) is 0 Å². The Morgan fingerprint density at radius 2 is 2.35 bits per heavy atom. The summed E-state index contributed by atoms with van der Waals surface area (Å²) in [5.74, 6) is 0. The first kappa shape index (κ1) is 12.5. The molecule has 1 aromatic heterocycles. The molecule has 2 N–H and O–H groups in total. The number of aliphatic hydroxyl groups is 1. The maximum Gasteiger partial charge on any atom is 0.0964 e. The van der Waals surface area contributed by atoms with Crippen molar-refractivity contribution in [1.82, 2.24) is 20.3 Å². The van der Waals surface area contributed by atoms with Crippen molar-refractivity contribution < 1.29 is 5.11 Å². The van der Waals surface area contributed by atoms with Crippen LogP contribution in [0.4, 0.5) is 0 Å². The van der Waals surface area contributed by atoms with Crippen molar-refractivity contribution in [2.45, 2.75) is 45.7 Å². The van der Waals surface area contributed by atoms with Gasteiger partial charge in [0.1, 0.15) is 0 Å². The lowest BCUT2D eigenvalue weighted by Crippen LogP contribution is -2.37. The van der Waals surface area contributed by atoms with E-state index in [1.54, 1.807) is 4.68 Å². The first-order chi connectivity index (χ1) is 8.22. The van der Waals surface area contributed by atoms with E-state index in [0.29, 0.717) is 5.41 Å². The molecule has 0 spiro atoms. The van der Waals surface area contributed by atoms with Gasteiger partial charge in [-0.25, -0.2) is 0 Å². The second kappa shape index (κ2) is 5.60. The predicted molar refractivity (Wildman–Crippen MR) is 65.4 cm³/mol. The third kappa shape index (κ3) is 3.51. The molecule has 0 saturated heterocycles. The van der Waals surface area contributed by atoms with Crippen LogP contribution in [0.1, 0.15) is 38.3 Å². The van der Waals surface area contributed by atoms with Gasteiger partial charge in [-0.05, 0) is 24.7 Å². The van der Waals surface area contributed by atoms with Crippen LogP contribution in [-0.4, -0.2) is 33.3 Å². The van der Waals surface area contributed by atoms with Gasteiger partial charge >= 0.3 is 0 Å². The number of nitrogens with one attached hydrogen (secondary N) is 1. The number of hydrogen-bond acceptors (Lipinski definition) is 4. The molecule has 96 valence electrons. The molecule has 1 saturated carbocycles. The number of aliphatic hydroxyl groups excluding tert-OH is 1. The maximum atomic E-state index is 8.73. The maximum absolute atomic E-state index is 8.73. The minimum absolute atomic E-state index is 0.200. The highest BCUT2D eigenvalue weighted by Gasteiger charge is 2.30. The lowest BCUT2D eigenvalue weighted by molar-refractivity contribution is 0.156. The van der Waals surface area contributed by atoms with E-state index in [2.05, 4.69) is 22.6 Å². The first-order valence-corrected chi connectivity index (χ1v) is 6.42. The van der Waals surface area contributed by atoms with E-state index in [0.717, 1.165) is 31.7 Å². The zero-order valence-corrected chi connectivity index (χ0v) is 10.5. The highest BCUT2D eigenvalue weighted by molar-refractivity contribution is 4.93. The summed E-state index contributed by atoms with van der Waals surface area (Å²) < 4.78 is 1.79. The van der Waals surface area contributed by atoms with E-state index in [-0.39, 0.29) is 6.61 Å². The van der Waals surface area contributed by atoms with E-state index < -0.39 is 0 Å². The van der Waals surface area contributed by atoms with Crippen LogP contribution >= 0.6 is 0 Å². The molecule has 17 heavy (non-hydrogen) atoms. The Hall–Kier alpha value is -0.940. The fourth-order valence-electron chi connectivity index (χ4n) is 2.21. The Morgan fingerprint density at radius 1 is 1.53 bits per heavy atom. The molecular formula is C12H22N4O. The minimum atomic E-state index is 0.200. The molecule has 0 radical (unpaired) electrons. The molecule has 0 bridgehead atoms. The lowest BCUT2D eigenvalue weighted by Gasteiger charge is -2.38. The van der Waals surface area contributed by atoms with Crippen LogP contribution in [0.25, 0.3) is 0 Å². The molecule has 1 aromatic rings. The number of hydrogen-bond donors (Lipinski definition) is 2. The summed E-state index contributed by atoms with van der Waals surface area (Å²) in [7, 11) is 0. The van der Waals surface area contributed by atoms with Gasteiger partial charge in [0.05, 0.1) is 5.69 Å². The first-order valence-electron chi connectivity index (χ1n) is 6.42. The third-order valence-corrected chi connectivity index (χ3v) is 3.55. The number of rotatable bonds is 7. The molecule has 0 amide bonds. The van der Waals surface area contributed by atoms with Gasteiger partial charge in [0.15, 0.2) is 0 Å². The average molecular weight is 238 g/mol. The van der Waals surface area contributed by atoms with Crippen LogP contribution in [-0.2, 0) is 13.1 Å². The summed E-state index contributed by atoms with van der Waals surface area (Å²) in [6, 6.07) is 0. The third-order valence-electron chi connectivity index (χ3n) is 3.55. The van der Waals surface area contributed by atoms with Crippen molar-refractivity contribution in [3.8, 4) is 0 Å². The Morgan fingerprint density at radius 3 is 3.00 bits per heavy atom. The number of aromatic nitrogens is 3. The highest BCUT2D eigenvalue weighted by atomic mass is 16.3. The van der Waals surface area contributed by atoms with Gasteiger partial charge < -0.3 is 10.4 Å². The molecule has 1 aliphatic carbocycles. The number of nitrogens with zero attached hydrogens (tertiary/aromatic N) is 3. The molecule has 1 heterocycles. The summed E-state index contributed by atoms with van der Waals surface area (Å²) in [6.07, 6.45) is 6.72. The molecule has 0 aliphatic heterocycles. The summed E-state index contributed by atoms with van der Waals surface area (Å²) in [5.41, 5.74) is 1.48. The fourth-order valence-corrected chi connectivity index (χ4v) is 2.21. The van der Waals surface area contributed by atoms with Crippen LogP contribution in [0.3, 0.4) is 0 Å². The largest absolute Gasteiger partial charge is 0.396 e. The zero-order valence-electron chi connectivity index (χ0n) is 10.5. The van der Waals surface area contributed by atoms with Gasteiger partial charge in [0, 0.05) is 32.4 Å². The highest BCUT2D eigenvalue weighted by Crippen LogP contribution is 2.39. The van der Waals surface area contributed by atoms with E-state index in [1.807, 2.05) is 6.20 Å². The van der Waals surface area contributed by atoms with Crippen molar-refractivity contribution in [2.24, 2.45) is 5.41 Å². The molecule has 1 aliphatic rings. The predicted octanol–water partition coefficient (Wildman–Crippen LogP) is 0.940. The molecule has 0 unspecified atom stereocenters. The Kier molecular flexibility index (Phi) is 4.12. The van der Waals surface area contributed by atoms with Crippen LogP contribution in [0.15, 0.2) is 6.20 Å². The van der Waals surface area contributed by atoms with E-state index >= 15 is 0 Å². The topological polar surface area (TPSA) is 63.0 Å². The fraction of sp³-hybridized carbons (Fsp3) is 0.833. The Bertz CT molecular complexity index is 346. The van der Waals surface area contributed by atoms with E-state index in [4.69, 9.17) is 5.11 Å². The van der Waals surface area contributed by atoms with Gasteiger partial charge in [0.2, 0.25) is 0 Å². The second-order valence-electron chi connectivity index (χ2n) is 5.32. The molecule has 5 heteroatoms. The van der Waals surface area contributed by atoms with Crippen molar-refractivity contribution in [3.63, 3.8) is 0 Å². The summed E-state index contributed by atoms with van der Waals surface area (Å²) in [4.78, 5) is 0. The monoisotopic (exact) mass is 238 g/mol. The standard InChI is InChI=1S/C12H22N4O/c1-12(4-2-5-12)10-13-8-11-9-16(15-14-11)6-3-7-17/h9,13,17H,2-8,10H2,1H3. The average Bonchev–Trinajstić information content (AvgIpc) is 2.72. The Labute approximate surface area is 102 Å². The lowest BCUT2D eigenvalue weighted by atomic mass is 9.70. The van der Waals surface area contributed by atoms with Gasteiger partial charge in [-0.1, -0.05) is 18.6 Å². The van der Waals surface area contributed by atoms with Gasteiger partial charge in [0.25, 0.3) is 0 Å². The van der Waals surface area contributed by atoms with Crippen molar-refractivity contribution in [2.75, 3.05) is 13.2 Å². The van der Waals surface area contributed by atoms with Crippen LogP contribution < -0.4 is 5.32 Å². The van der Waals surface area contributed by atoms with Crippen molar-refractivity contribution in [3.05, 3.63) is 11.9 Å². The second-order valence-corrected chi connectivity index (χ2v) is 5.32. The molecular weight excluding hydrogens is 216 g/mol. The van der Waals surface area contributed by atoms with Gasteiger partial charge in [-0.2, -0.15) is 0 Å². The molecule has 0 aromatic carbocycles. The normalized spacial score (nSPS) is 18.0. The van der Waals surface area contributed by atoms with Crippen LogP contribution in [0.5, 0.6) is 0 Å². The van der Waals surface area contributed by atoms with Crippen molar-refractivity contribution in [1.29, 1.82) is 0 Å². The summed E-state index contributed by atoms with van der Waals surface area (Å²) in [6.45, 7) is 5.12. The number of aryl methyl sites for hydroxylation is 1. The van der Waals surface area contributed by atoms with Gasteiger partial charge in [-0.3, -0.25) is 4.68 Å². The van der Waals surface area contributed by atoms with Crippen LogP contribution in [0, 0.1) is 5.41 Å². The smallest absolute Gasteiger partial charge is 0.0964 e. The summed E-state index contributed by atoms with van der Waals surface area (Å²) >= 11 is 0. The molecule has 1 fully saturated rings.